The lowest BCUT2D eigenvalue weighted by atomic mass is 10.0. The Morgan fingerprint density at radius 1 is 1.10 bits per heavy atom. The van der Waals surface area contributed by atoms with Crippen molar-refractivity contribution >= 4 is 40.7 Å². The van der Waals surface area contributed by atoms with Gasteiger partial charge in [-0.25, -0.2) is 0 Å². The van der Waals surface area contributed by atoms with Crippen LogP contribution in [-0.2, 0) is 20.8 Å². The summed E-state index contributed by atoms with van der Waals surface area (Å²) in [6.07, 6.45) is -1.93. The molecule has 40 heavy (non-hydrogen) atoms. The number of carbonyl (C=O) groups excluding carboxylic acids is 3. The zero-order chi connectivity index (χ0) is 28.8. The number of amides is 3. The molecule has 208 valence electrons. The van der Waals surface area contributed by atoms with E-state index in [-0.39, 0.29) is 42.2 Å². The SMILES string of the molecule is COc1cccc(C(=O)N2CCN(C(=O)Cc3cccs3)C2C(=O)NC(CC(=O)O)c2cccc([N+](=O)[O-])c2)c1. The average molecular weight is 567 g/mol. The van der Waals surface area contributed by atoms with Gasteiger partial charge in [0.15, 0.2) is 6.17 Å². The molecule has 0 spiro atoms. The lowest BCUT2D eigenvalue weighted by molar-refractivity contribution is -0.384. The number of nitro groups is 1. The number of aliphatic carboxylic acids is 1. The van der Waals surface area contributed by atoms with Gasteiger partial charge < -0.3 is 25.0 Å². The second-order valence-electron chi connectivity index (χ2n) is 8.96. The van der Waals surface area contributed by atoms with Crippen LogP contribution in [0.5, 0.6) is 5.75 Å². The van der Waals surface area contributed by atoms with Gasteiger partial charge in [-0.2, -0.15) is 0 Å². The van der Waals surface area contributed by atoms with Gasteiger partial charge >= 0.3 is 5.97 Å². The van der Waals surface area contributed by atoms with E-state index in [0.717, 1.165) is 4.88 Å². The average Bonchev–Trinajstić information content (AvgIpc) is 3.62. The third-order valence-corrected chi connectivity index (χ3v) is 7.27. The molecule has 12 nitrogen and oxygen atoms in total. The highest BCUT2D eigenvalue weighted by molar-refractivity contribution is 7.10. The second kappa shape index (κ2) is 12.4. The Bertz CT molecular complexity index is 1430. The van der Waals surface area contributed by atoms with Gasteiger partial charge in [0, 0.05) is 35.7 Å². The fraction of sp³-hybridized carbons (Fsp3) is 0.259. The van der Waals surface area contributed by atoms with Gasteiger partial charge in [-0.1, -0.05) is 24.3 Å². The highest BCUT2D eigenvalue weighted by atomic mass is 32.1. The highest BCUT2D eigenvalue weighted by Crippen LogP contribution is 2.26. The Morgan fingerprint density at radius 3 is 2.52 bits per heavy atom. The van der Waals surface area contributed by atoms with E-state index >= 15 is 0 Å². The number of carbonyl (C=O) groups is 4. The van der Waals surface area contributed by atoms with E-state index < -0.39 is 41.3 Å². The topological polar surface area (TPSA) is 159 Å². The molecule has 0 radical (unpaired) electrons. The number of nitrogens with zero attached hydrogens (tertiary/aromatic N) is 3. The number of carboxylic acids is 1. The van der Waals surface area contributed by atoms with Crippen molar-refractivity contribution < 1.29 is 33.9 Å². The molecular formula is C27H26N4O8S. The van der Waals surface area contributed by atoms with Crippen molar-refractivity contribution in [3.8, 4) is 5.75 Å². The Kier molecular flexibility index (Phi) is 8.74. The summed E-state index contributed by atoms with van der Waals surface area (Å²) in [5.74, 6) is -2.50. The maximum Gasteiger partial charge on any atom is 0.305 e. The molecule has 0 saturated carbocycles. The third-order valence-electron chi connectivity index (χ3n) is 6.39. The van der Waals surface area contributed by atoms with E-state index in [0.29, 0.717) is 5.75 Å². The molecule has 2 unspecified atom stereocenters. The van der Waals surface area contributed by atoms with Crippen LogP contribution in [0.15, 0.2) is 66.0 Å². The standard InChI is InChI=1S/C27H26N4O8S/c1-39-20-8-3-6-18(14-20)27(36)30-11-10-29(23(32)15-21-9-4-12-40-21)26(30)25(35)28-22(16-24(33)34)17-5-2-7-19(13-17)31(37)38/h2-9,12-14,22,26H,10-11,15-16H2,1H3,(H,28,35)(H,33,34). The van der Waals surface area contributed by atoms with E-state index in [1.54, 1.807) is 30.3 Å². The number of thiophene rings is 1. The monoisotopic (exact) mass is 566 g/mol. The van der Waals surface area contributed by atoms with E-state index in [2.05, 4.69) is 5.32 Å². The van der Waals surface area contributed by atoms with Crippen molar-refractivity contribution in [2.24, 2.45) is 0 Å². The number of carboxylic acid groups (broad SMARTS) is 1. The number of benzene rings is 2. The predicted molar refractivity (Wildman–Crippen MR) is 144 cm³/mol. The summed E-state index contributed by atoms with van der Waals surface area (Å²) in [6.45, 7) is 0.142. The largest absolute Gasteiger partial charge is 0.497 e. The molecule has 2 N–H and O–H groups in total. The predicted octanol–water partition coefficient (Wildman–Crippen LogP) is 2.85. The summed E-state index contributed by atoms with van der Waals surface area (Å²) in [7, 11) is 1.46. The normalized spacial score (nSPS) is 15.4. The highest BCUT2D eigenvalue weighted by Gasteiger charge is 2.43. The second-order valence-corrected chi connectivity index (χ2v) is 9.99. The number of hydrogen-bond donors (Lipinski definition) is 2. The van der Waals surface area contributed by atoms with E-state index in [1.165, 1.54) is 58.6 Å². The molecule has 1 saturated heterocycles. The lowest BCUT2D eigenvalue weighted by Gasteiger charge is -2.31. The minimum absolute atomic E-state index is 0.0199. The van der Waals surface area contributed by atoms with Crippen LogP contribution in [0, 0.1) is 10.1 Å². The van der Waals surface area contributed by atoms with Crippen molar-refractivity contribution in [3.63, 3.8) is 0 Å². The van der Waals surface area contributed by atoms with Gasteiger partial charge in [-0.3, -0.25) is 29.3 Å². The minimum atomic E-state index is -1.37. The molecule has 1 fully saturated rings. The molecule has 3 amide bonds. The lowest BCUT2D eigenvalue weighted by Crippen LogP contribution is -2.54. The zero-order valence-electron chi connectivity index (χ0n) is 21.4. The molecule has 2 aromatic carbocycles. The Labute approximate surface area is 232 Å². The third kappa shape index (κ3) is 6.43. The molecule has 3 aromatic rings. The fourth-order valence-electron chi connectivity index (χ4n) is 4.50. The number of non-ortho nitro benzene ring substituents is 1. The summed E-state index contributed by atoms with van der Waals surface area (Å²) in [5, 5.41) is 25.2. The number of nitro benzene ring substituents is 1. The smallest absolute Gasteiger partial charge is 0.305 e. The van der Waals surface area contributed by atoms with Gasteiger partial charge in [-0.15, -0.1) is 11.3 Å². The first kappa shape index (κ1) is 28.2. The quantitative estimate of drug-likeness (QED) is 0.280. The Hall–Kier alpha value is -4.78. The van der Waals surface area contributed by atoms with Crippen LogP contribution in [-0.4, -0.2) is 69.9 Å². The molecule has 1 aromatic heterocycles. The Morgan fingerprint density at radius 2 is 1.85 bits per heavy atom. The first-order valence-electron chi connectivity index (χ1n) is 12.2. The maximum absolute atomic E-state index is 13.8. The molecule has 0 aliphatic carbocycles. The van der Waals surface area contributed by atoms with Gasteiger partial charge in [0.05, 0.1) is 30.9 Å². The number of ether oxygens (including phenoxy) is 1. The van der Waals surface area contributed by atoms with Gasteiger partial charge in [0.25, 0.3) is 17.5 Å². The van der Waals surface area contributed by atoms with Crippen molar-refractivity contribution in [2.45, 2.75) is 25.0 Å². The van der Waals surface area contributed by atoms with E-state index in [4.69, 9.17) is 4.74 Å². The van der Waals surface area contributed by atoms with Gasteiger partial charge in [0.2, 0.25) is 5.91 Å². The molecule has 2 atom stereocenters. The zero-order valence-corrected chi connectivity index (χ0v) is 22.2. The number of hydrogen-bond acceptors (Lipinski definition) is 8. The van der Waals surface area contributed by atoms with Crippen LogP contribution in [0.25, 0.3) is 0 Å². The molecular weight excluding hydrogens is 540 g/mol. The van der Waals surface area contributed by atoms with Crippen LogP contribution >= 0.6 is 11.3 Å². The number of rotatable bonds is 10. The fourth-order valence-corrected chi connectivity index (χ4v) is 5.19. The summed E-state index contributed by atoms with van der Waals surface area (Å²) in [6, 6.07) is 14.1. The summed E-state index contributed by atoms with van der Waals surface area (Å²) in [4.78, 5) is 66.3. The molecule has 1 aliphatic rings. The van der Waals surface area contributed by atoms with E-state index in [9.17, 15) is 34.4 Å². The molecule has 0 bridgehead atoms. The first-order valence-corrected chi connectivity index (χ1v) is 13.1. The molecule has 4 rings (SSSR count). The van der Waals surface area contributed by atoms with Crippen molar-refractivity contribution in [2.75, 3.05) is 20.2 Å². The van der Waals surface area contributed by atoms with Crippen molar-refractivity contribution in [3.05, 3.63) is 92.2 Å². The van der Waals surface area contributed by atoms with Crippen LogP contribution < -0.4 is 10.1 Å². The number of nitrogens with one attached hydrogen (secondary N) is 1. The van der Waals surface area contributed by atoms with Crippen LogP contribution in [0.1, 0.15) is 33.3 Å². The summed E-state index contributed by atoms with van der Waals surface area (Å²) >= 11 is 1.38. The summed E-state index contributed by atoms with van der Waals surface area (Å²) in [5.41, 5.74) is 0.168. The number of methoxy groups -OCH3 is 1. The van der Waals surface area contributed by atoms with Crippen LogP contribution in [0.4, 0.5) is 5.69 Å². The van der Waals surface area contributed by atoms with Gasteiger partial charge in [-0.05, 0) is 35.2 Å². The molecule has 13 heteroatoms. The molecule has 2 heterocycles. The van der Waals surface area contributed by atoms with Crippen molar-refractivity contribution in [1.82, 2.24) is 15.1 Å². The molecule has 1 aliphatic heterocycles. The maximum atomic E-state index is 13.8. The van der Waals surface area contributed by atoms with Gasteiger partial charge in [0.1, 0.15) is 5.75 Å². The van der Waals surface area contributed by atoms with Crippen LogP contribution in [0.2, 0.25) is 0 Å². The van der Waals surface area contributed by atoms with Crippen molar-refractivity contribution in [1.29, 1.82) is 0 Å². The van der Waals surface area contributed by atoms with Crippen LogP contribution in [0.3, 0.4) is 0 Å². The summed E-state index contributed by atoms with van der Waals surface area (Å²) < 4.78 is 5.21. The Balaban J connectivity index is 1.66. The minimum Gasteiger partial charge on any atom is -0.497 e. The van der Waals surface area contributed by atoms with E-state index in [1.807, 2.05) is 5.38 Å². The first-order chi connectivity index (χ1) is 19.2.